The summed E-state index contributed by atoms with van der Waals surface area (Å²) in [5.74, 6) is -2.71. The number of rotatable bonds is 5. The molecule has 1 fully saturated rings. The van der Waals surface area contributed by atoms with Crippen molar-refractivity contribution in [2.75, 3.05) is 30.8 Å². The van der Waals surface area contributed by atoms with Gasteiger partial charge >= 0.3 is 12.3 Å². The fourth-order valence-corrected chi connectivity index (χ4v) is 3.38. The van der Waals surface area contributed by atoms with Crippen molar-refractivity contribution in [2.45, 2.75) is 18.6 Å². The molecule has 4 rings (SSSR count). The third kappa shape index (κ3) is 5.08. The number of carbonyl (C=O) groups is 2. The highest BCUT2D eigenvalue weighted by atomic mass is 19.4. The Morgan fingerprint density at radius 3 is 2.53 bits per heavy atom. The molecule has 3 aromatic rings. The van der Waals surface area contributed by atoms with E-state index in [-0.39, 0.29) is 23.6 Å². The van der Waals surface area contributed by atoms with Crippen molar-refractivity contribution in [3.63, 3.8) is 0 Å². The lowest BCUT2D eigenvalue weighted by molar-refractivity contribution is -0.153. The van der Waals surface area contributed by atoms with E-state index in [0.717, 1.165) is 0 Å². The number of hydrogen-bond donors (Lipinski definition) is 2. The van der Waals surface area contributed by atoms with Crippen LogP contribution in [0.5, 0.6) is 0 Å². The molecule has 1 aliphatic rings. The van der Waals surface area contributed by atoms with Crippen molar-refractivity contribution in [1.29, 1.82) is 0 Å². The normalized spacial score (nSPS) is 15.8. The Balaban J connectivity index is 1.45. The zero-order valence-corrected chi connectivity index (χ0v) is 17.8. The molecular formula is C21H19F3N6O4. The number of anilines is 2. The number of benzene rings is 1. The summed E-state index contributed by atoms with van der Waals surface area (Å²) in [6.07, 6.45) is -2.20. The van der Waals surface area contributed by atoms with E-state index < -0.39 is 29.6 Å². The smallest absolute Gasteiger partial charge is 0.452 e. The van der Waals surface area contributed by atoms with Crippen LogP contribution in [-0.2, 0) is 10.9 Å². The maximum absolute atomic E-state index is 13.4. The van der Waals surface area contributed by atoms with Crippen molar-refractivity contribution in [1.82, 2.24) is 19.9 Å². The van der Waals surface area contributed by atoms with Crippen LogP contribution < -0.4 is 10.6 Å². The van der Waals surface area contributed by atoms with E-state index in [1.807, 2.05) is 0 Å². The number of aromatic nitrogens is 3. The average molecular weight is 476 g/mol. The minimum Gasteiger partial charge on any atom is -0.453 e. The Bertz CT molecular complexity index is 1170. The highest BCUT2D eigenvalue weighted by molar-refractivity contribution is 6.03. The van der Waals surface area contributed by atoms with Gasteiger partial charge in [0.2, 0.25) is 17.6 Å². The van der Waals surface area contributed by atoms with Crippen molar-refractivity contribution in [3.05, 3.63) is 54.2 Å². The maximum atomic E-state index is 13.4. The highest BCUT2D eigenvalue weighted by Crippen LogP contribution is 2.35. The van der Waals surface area contributed by atoms with Gasteiger partial charge in [-0.05, 0) is 18.6 Å². The van der Waals surface area contributed by atoms with Crippen LogP contribution in [0.15, 0.2) is 47.1 Å². The van der Waals surface area contributed by atoms with Crippen LogP contribution in [0.1, 0.15) is 22.7 Å². The number of nitrogens with zero attached hydrogens (tertiary/aromatic N) is 4. The molecule has 0 bridgehead atoms. The molecule has 178 valence electrons. The van der Waals surface area contributed by atoms with Crippen LogP contribution in [0.2, 0.25) is 0 Å². The maximum Gasteiger partial charge on any atom is 0.452 e. The molecule has 3 heterocycles. The fourth-order valence-electron chi connectivity index (χ4n) is 3.38. The first-order chi connectivity index (χ1) is 16.2. The summed E-state index contributed by atoms with van der Waals surface area (Å²) in [5, 5.41) is 5.35. The topological polar surface area (TPSA) is 122 Å². The van der Waals surface area contributed by atoms with Gasteiger partial charge in [0, 0.05) is 24.7 Å². The van der Waals surface area contributed by atoms with E-state index in [2.05, 4.69) is 30.3 Å². The standard InChI is InChI=1S/C21H19F3N6O4/c1-33-20(32)30-8-7-13(11-30)28-19-25-9-14(10-26-19)27-17(31)15-16(21(22,23)24)34-18(29-15)12-5-3-2-4-6-12/h2-6,9-10,13H,7-8,11H2,1H3,(H,27,31)(H,25,26,28). The Labute approximate surface area is 191 Å². The lowest BCUT2D eigenvalue weighted by Crippen LogP contribution is -2.31. The molecule has 0 aliphatic carbocycles. The molecule has 2 N–H and O–H groups in total. The van der Waals surface area contributed by atoms with Gasteiger partial charge in [0.05, 0.1) is 25.2 Å². The van der Waals surface area contributed by atoms with E-state index in [9.17, 15) is 22.8 Å². The van der Waals surface area contributed by atoms with Gasteiger partial charge in [-0.25, -0.2) is 19.7 Å². The molecule has 1 saturated heterocycles. The predicted octanol–water partition coefficient (Wildman–Crippen LogP) is 3.66. The number of amides is 2. The molecule has 10 nitrogen and oxygen atoms in total. The third-order valence-electron chi connectivity index (χ3n) is 4.98. The average Bonchev–Trinajstić information content (AvgIpc) is 3.48. The van der Waals surface area contributed by atoms with Gasteiger partial charge in [-0.15, -0.1) is 0 Å². The largest absolute Gasteiger partial charge is 0.453 e. The molecule has 34 heavy (non-hydrogen) atoms. The summed E-state index contributed by atoms with van der Waals surface area (Å²) in [5.41, 5.74) is -0.540. The van der Waals surface area contributed by atoms with Crippen LogP contribution in [0.4, 0.5) is 29.6 Å². The first kappa shape index (κ1) is 23.0. The molecule has 2 aromatic heterocycles. The number of halogens is 3. The van der Waals surface area contributed by atoms with Crippen LogP contribution in [-0.4, -0.2) is 58.1 Å². The Morgan fingerprint density at radius 2 is 1.88 bits per heavy atom. The summed E-state index contributed by atoms with van der Waals surface area (Å²) < 4.78 is 49.9. The monoisotopic (exact) mass is 476 g/mol. The summed E-state index contributed by atoms with van der Waals surface area (Å²) >= 11 is 0. The van der Waals surface area contributed by atoms with E-state index in [4.69, 9.17) is 4.42 Å². The van der Waals surface area contributed by atoms with E-state index in [1.54, 1.807) is 18.2 Å². The van der Waals surface area contributed by atoms with Crippen molar-refractivity contribution >= 4 is 23.6 Å². The zero-order valence-electron chi connectivity index (χ0n) is 17.8. The molecule has 1 unspecified atom stereocenters. The van der Waals surface area contributed by atoms with E-state index in [0.29, 0.717) is 25.1 Å². The molecule has 0 saturated carbocycles. The SMILES string of the molecule is COC(=O)N1CCC(Nc2ncc(NC(=O)c3nc(-c4ccccc4)oc3C(F)(F)F)cn2)C1. The molecule has 1 aromatic carbocycles. The van der Waals surface area contributed by atoms with Gasteiger partial charge in [-0.2, -0.15) is 13.2 Å². The first-order valence-electron chi connectivity index (χ1n) is 10.1. The zero-order chi connectivity index (χ0) is 24.3. The van der Waals surface area contributed by atoms with Crippen molar-refractivity contribution in [3.8, 4) is 11.5 Å². The third-order valence-corrected chi connectivity index (χ3v) is 4.98. The second-order valence-corrected chi connectivity index (χ2v) is 7.36. The first-order valence-corrected chi connectivity index (χ1v) is 10.1. The second kappa shape index (κ2) is 9.37. The van der Waals surface area contributed by atoms with Crippen LogP contribution >= 0.6 is 0 Å². The number of carbonyl (C=O) groups excluding carboxylic acids is 2. The molecule has 2 amide bonds. The summed E-state index contributed by atoms with van der Waals surface area (Å²) in [6.45, 7) is 0.924. The van der Waals surface area contributed by atoms with Gasteiger partial charge in [-0.1, -0.05) is 18.2 Å². The van der Waals surface area contributed by atoms with Gasteiger partial charge in [0.1, 0.15) is 0 Å². The fraction of sp³-hybridized carbons (Fsp3) is 0.286. The molecule has 13 heteroatoms. The molecule has 1 atom stereocenters. The Hall–Kier alpha value is -4.16. The minimum absolute atomic E-state index is 0.0653. The predicted molar refractivity (Wildman–Crippen MR) is 113 cm³/mol. The molecular weight excluding hydrogens is 457 g/mol. The van der Waals surface area contributed by atoms with E-state index >= 15 is 0 Å². The summed E-state index contributed by atoms with van der Waals surface area (Å²) in [7, 11) is 1.30. The van der Waals surface area contributed by atoms with Crippen LogP contribution in [0, 0.1) is 0 Å². The van der Waals surface area contributed by atoms with Crippen molar-refractivity contribution < 1.29 is 31.9 Å². The molecule has 0 radical (unpaired) electrons. The number of hydrogen-bond acceptors (Lipinski definition) is 8. The number of methoxy groups -OCH3 is 1. The van der Waals surface area contributed by atoms with Gasteiger partial charge in [-0.3, -0.25) is 4.79 Å². The minimum atomic E-state index is -4.92. The van der Waals surface area contributed by atoms with E-state index in [1.165, 1.54) is 36.5 Å². The van der Waals surface area contributed by atoms with Crippen molar-refractivity contribution in [2.24, 2.45) is 0 Å². The van der Waals surface area contributed by atoms with Gasteiger partial charge < -0.3 is 24.7 Å². The lowest BCUT2D eigenvalue weighted by Gasteiger charge is -2.15. The van der Waals surface area contributed by atoms with Gasteiger partial charge in [0.15, 0.2) is 5.69 Å². The highest BCUT2D eigenvalue weighted by Gasteiger charge is 2.42. The van der Waals surface area contributed by atoms with Crippen LogP contribution in [0.3, 0.4) is 0 Å². The summed E-state index contributed by atoms with van der Waals surface area (Å²) in [4.78, 5) is 37.6. The Morgan fingerprint density at radius 1 is 1.18 bits per heavy atom. The summed E-state index contributed by atoms with van der Waals surface area (Å²) in [6, 6.07) is 7.84. The van der Waals surface area contributed by atoms with Gasteiger partial charge in [0.25, 0.3) is 5.91 Å². The number of oxazole rings is 1. The lowest BCUT2D eigenvalue weighted by atomic mass is 10.2. The Kier molecular flexibility index (Phi) is 6.34. The second-order valence-electron chi connectivity index (χ2n) is 7.36. The number of likely N-dealkylation sites (tertiary alicyclic amines) is 1. The molecule has 1 aliphatic heterocycles. The number of ether oxygens (including phenoxy) is 1. The quantitative estimate of drug-likeness (QED) is 0.572. The molecule has 0 spiro atoms. The number of nitrogens with one attached hydrogen (secondary N) is 2. The number of alkyl halides is 3. The van der Waals surface area contributed by atoms with Crippen LogP contribution in [0.25, 0.3) is 11.5 Å².